The van der Waals surface area contributed by atoms with Crippen molar-refractivity contribution in [2.45, 2.75) is 6.82 Å². The lowest BCUT2D eigenvalue weighted by molar-refractivity contribution is 0.581. The van der Waals surface area contributed by atoms with Crippen molar-refractivity contribution >= 4 is 37.6 Å². The van der Waals surface area contributed by atoms with Crippen molar-refractivity contribution in [2.24, 2.45) is 4.90 Å². The largest absolute Gasteiger partial charge is 0.548 e. The van der Waals surface area contributed by atoms with E-state index in [2.05, 4.69) is 9.56 Å². The van der Waals surface area contributed by atoms with E-state index in [4.69, 9.17) is 10.4 Å². The van der Waals surface area contributed by atoms with E-state index in [1.54, 1.807) is 6.82 Å². The molecule has 1 radical (unpaired) electrons. The lowest BCUT2D eigenvalue weighted by atomic mass is 9.89. The van der Waals surface area contributed by atoms with Gasteiger partial charge in [0.25, 0.3) is 0 Å². The molecule has 0 amide bonds. The monoisotopic (exact) mass is 171 g/mol. The van der Waals surface area contributed by atoms with Crippen LogP contribution in [0.5, 0.6) is 0 Å². The summed E-state index contributed by atoms with van der Waals surface area (Å²) < 4.78 is 4.54. The van der Waals surface area contributed by atoms with Gasteiger partial charge in [-0.15, -0.1) is 11.8 Å². The van der Waals surface area contributed by atoms with Gasteiger partial charge in [0.1, 0.15) is 6.40 Å². The van der Waals surface area contributed by atoms with E-state index >= 15 is 0 Å². The first kappa shape index (κ1) is 10.6. The number of hydrogen-bond acceptors (Lipinski definition) is 5. The highest BCUT2D eigenvalue weighted by Crippen LogP contribution is 1.97. The van der Waals surface area contributed by atoms with Gasteiger partial charge in [0.15, 0.2) is 0 Å². The summed E-state index contributed by atoms with van der Waals surface area (Å²) in [5.41, 5.74) is 0. The van der Waals surface area contributed by atoms with Crippen molar-refractivity contribution in [3.05, 3.63) is 0 Å². The average Bonchev–Trinajstić information content (AvgIpc) is 1.97. The van der Waals surface area contributed by atoms with Gasteiger partial charge in [0.2, 0.25) is 0 Å². The normalized spacial score (nSPS) is 10.6. The number of nitrogens with one attached hydrogen (secondary N) is 1. The van der Waals surface area contributed by atoms with Crippen LogP contribution in [-0.4, -0.2) is 37.2 Å². The molecule has 0 heterocycles. The summed E-state index contributed by atoms with van der Waals surface area (Å²) >= 11 is 1.34. The third-order valence-electron chi connectivity index (χ3n) is 0.760. The lowest BCUT2D eigenvalue weighted by Crippen LogP contribution is -2.13. The molecule has 0 saturated carbocycles. The van der Waals surface area contributed by atoms with E-state index in [1.165, 1.54) is 19.2 Å². The molecule has 0 spiro atoms. The zero-order chi connectivity index (χ0) is 8.69. The first-order valence-electron chi connectivity index (χ1n) is 2.98. The Labute approximate surface area is 71.3 Å². The molecule has 4 nitrogen and oxygen atoms in total. The summed E-state index contributed by atoms with van der Waals surface area (Å²) in [5, 5.41) is 15.4. The van der Waals surface area contributed by atoms with Crippen molar-refractivity contribution in [3.63, 3.8) is 0 Å². The van der Waals surface area contributed by atoms with Gasteiger partial charge in [-0.1, -0.05) is 0 Å². The highest BCUT2D eigenvalue weighted by atomic mass is 32.2. The van der Waals surface area contributed by atoms with Crippen molar-refractivity contribution < 1.29 is 9.68 Å². The number of thioether (sulfide) groups is 1. The third kappa shape index (κ3) is 6.00. The van der Waals surface area contributed by atoms with Crippen LogP contribution in [0.3, 0.4) is 0 Å². The van der Waals surface area contributed by atoms with Crippen LogP contribution in [-0.2, 0) is 4.65 Å². The van der Waals surface area contributed by atoms with Crippen LogP contribution in [0.1, 0.15) is 0 Å². The summed E-state index contributed by atoms with van der Waals surface area (Å²) in [4.78, 5) is 4.34. The SMILES string of the molecule is CSC([B]OC=N)=NB(C)O. The minimum absolute atomic E-state index is 0.559. The van der Waals surface area contributed by atoms with Crippen molar-refractivity contribution in [1.82, 2.24) is 0 Å². The molecule has 0 aliphatic rings. The Kier molecular flexibility index (Phi) is 6.06. The van der Waals surface area contributed by atoms with Gasteiger partial charge in [-0.3, -0.25) is 5.41 Å². The highest BCUT2D eigenvalue weighted by Gasteiger charge is 2.05. The standard InChI is InChI=1S/C4H9B2N2O2S/c1-6(9)8-4(11-2)5-10-3-7/h3,7,9H,1-2H3. The van der Waals surface area contributed by atoms with E-state index in [0.29, 0.717) is 4.94 Å². The van der Waals surface area contributed by atoms with Crippen molar-refractivity contribution in [2.75, 3.05) is 6.26 Å². The minimum Gasteiger partial charge on any atom is -0.548 e. The molecule has 11 heavy (non-hydrogen) atoms. The lowest BCUT2D eigenvalue weighted by Gasteiger charge is -1.99. The van der Waals surface area contributed by atoms with Gasteiger partial charge in [-0.05, 0) is 13.1 Å². The maximum atomic E-state index is 8.82. The number of nitrogens with zero attached hydrogens (tertiary/aromatic N) is 1. The van der Waals surface area contributed by atoms with Gasteiger partial charge in [-0.2, -0.15) is 0 Å². The Bertz CT molecular complexity index is 153. The summed E-state index contributed by atoms with van der Waals surface area (Å²) in [6.07, 6.45) is 2.61. The van der Waals surface area contributed by atoms with Crippen LogP contribution < -0.4 is 0 Å². The summed E-state index contributed by atoms with van der Waals surface area (Å²) in [6.45, 7) is 1.55. The van der Waals surface area contributed by atoms with E-state index < -0.39 is 7.05 Å². The van der Waals surface area contributed by atoms with Gasteiger partial charge >= 0.3 is 14.5 Å². The molecule has 0 saturated heterocycles. The Hall–Kier alpha value is -0.420. The summed E-state index contributed by atoms with van der Waals surface area (Å²) in [7, 11) is 0.577. The summed E-state index contributed by atoms with van der Waals surface area (Å²) in [6, 6.07) is 0. The molecule has 0 aromatic carbocycles. The van der Waals surface area contributed by atoms with E-state index in [0.717, 1.165) is 6.40 Å². The van der Waals surface area contributed by atoms with Crippen LogP contribution in [0.4, 0.5) is 0 Å². The Morgan fingerprint density at radius 1 is 1.91 bits per heavy atom. The number of hydrogen-bond donors (Lipinski definition) is 2. The van der Waals surface area contributed by atoms with Gasteiger partial charge < -0.3 is 14.6 Å². The number of rotatable bonds is 4. The fraction of sp³-hybridized carbons (Fsp3) is 0.500. The maximum absolute atomic E-state index is 8.82. The topological polar surface area (TPSA) is 65.7 Å². The van der Waals surface area contributed by atoms with E-state index in [9.17, 15) is 0 Å². The molecule has 0 unspecified atom stereocenters. The zero-order valence-corrected chi connectivity index (χ0v) is 7.26. The highest BCUT2D eigenvalue weighted by molar-refractivity contribution is 8.16. The second kappa shape index (κ2) is 6.30. The molecule has 2 N–H and O–H groups in total. The molecule has 0 aliphatic carbocycles. The smallest absolute Gasteiger partial charge is 0.435 e. The van der Waals surface area contributed by atoms with Crippen molar-refractivity contribution in [1.29, 1.82) is 5.41 Å². The summed E-state index contributed by atoms with van der Waals surface area (Å²) in [5.74, 6) is 0. The zero-order valence-electron chi connectivity index (χ0n) is 6.44. The van der Waals surface area contributed by atoms with Crippen LogP contribution in [0.2, 0.25) is 6.82 Å². The molecular formula is C4H9B2N2O2S. The molecule has 0 bridgehead atoms. The second-order valence-corrected chi connectivity index (χ2v) is 2.50. The van der Waals surface area contributed by atoms with Gasteiger partial charge in [-0.25, -0.2) is 0 Å². The van der Waals surface area contributed by atoms with E-state index in [-0.39, 0.29) is 0 Å². The molecule has 59 valence electrons. The average molecular weight is 171 g/mol. The Morgan fingerprint density at radius 3 is 2.91 bits per heavy atom. The second-order valence-electron chi connectivity index (χ2n) is 1.68. The van der Waals surface area contributed by atoms with E-state index in [1.807, 2.05) is 6.26 Å². The van der Waals surface area contributed by atoms with Crippen LogP contribution in [0.25, 0.3) is 0 Å². The van der Waals surface area contributed by atoms with Gasteiger partial charge in [0, 0.05) is 0 Å². The molecule has 0 fully saturated rings. The molecular weight excluding hydrogens is 162 g/mol. The predicted octanol–water partition coefficient (Wildman–Crippen LogP) is 0.0586. The fourth-order valence-corrected chi connectivity index (χ4v) is 0.817. The Morgan fingerprint density at radius 2 is 2.55 bits per heavy atom. The van der Waals surface area contributed by atoms with Crippen LogP contribution in [0, 0.1) is 5.41 Å². The third-order valence-corrected chi connectivity index (χ3v) is 1.38. The minimum atomic E-state index is -0.733. The molecule has 0 atom stereocenters. The van der Waals surface area contributed by atoms with Crippen LogP contribution in [0.15, 0.2) is 4.90 Å². The molecule has 0 rings (SSSR count). The Balaban J connectivity index is 3.83. The molecule has 0 aromatic heterocycles. The molecule has 0 aliphatic heterocycles. The van der Waals surface area contributed by atoms with Crippen LogP contribution >= 0.6 is 11.8 Å². The molecule has 0 aromatic rings. The maximum Gasteiger partial charge on any atom is 0.435 e. The quantitative estimate of drug-likeness (QED) is 0.357. The first-order valence-corrected chi connectivity index (χ1v) is 4.20. The predicted molar refractivity (Wildman–Crippen MR) is 50.4 cm³/mol. The molecule has 7 heteroatoms. The fourth-order valence-electron chi connectivity index (χ4n) is 0.408. The van der Waals surface area contributed by atoms with Gasteiger partial charge in [0.05, 0.1) is 4.94 Å². The first-order chi connectivity index (χ1) is 5.20. The van der Waals surface area contributed by atoms with Crippen molar-refractivity contribution in [3.8, 4) is 0 Å².